The standard InChI is InChI=1S/C15H14ClN3O4/c1-8(20)17-13-9(5-4-6-10(13)16)14(21)15-18-11(22-2)7-12(19-15)23-3/h4-7H,1-3H3,(H,17,20). The third-order valence-electron chi connectivity index (χ3n) is 2.86. The molecule has 7 nitrogen and oxygen atoms in total. The largest absolute Gasteiger partial charge is 0.481 e. The Kier molecular flexibility index (Phi) is 5.13. The highest BCUT2D eigenvalue weighted by Gasteiger charge is 2.21. The van der Waals surface area contributed by atoms with Gasteiger partial charge >= 0.3 is 0 Å². The Bertz CT molecular complexity index is 742. The summed E-state index contributed by atoms with van der Waals surface area (Å²) in [6.07, 6.45) is 0. The van der Waals surface area contributed by atoms with Gasteiger partial charge in [0.25, 0.3) is 0 Å². The van der Waals surface area contributed by atoms with E-state index in [9.17, 15) is 9.59 Å². The van der Waals surface area contributed by atoms with Gasteiger partial charge in [-0.3, -0.25) is 9.59 Å². The minimum Gasteiger partial charge on any atom is -0.481 e. The summed E-state index contributed by atoms with van der Waals surface area (Å²) in [5.41, 5.74) is 0.375. The molecule has 0 aliphatic heterocycles. The van der Waals surface area contributed by atoms with Crippen LogP contribution >= 0.6 is 11.6 Å². The lowest BCUT2D eigenvalue weighted by Crippen LogP contribution is -2.14. The molecule has 1 amide bonds. The molecule has 0 radical (unpaired) electrons. The number of ether oxygens (including phenoxy) is 2. The first kappa shape index (κ1) is 16.7. The first-order chi connectivity index (χ1) is 11.0. The van der Waals surface area contributed by atoms with E-state index in [4.69, 9.17) is 21.1 Å². The highest BCUT2D eigenvalue weighted by molar-refractivity contribution is 6.35. The van der Waals surface area contributed by atoms with Crippen molar-refractivity contribution in [3.05, 3.63) is 40.7 Å². The normalized spacial score (nSPS) is 10.1. The van der Waals surface area contributed by atoms with Gasteiger partial charge in [-0.2, -0.15) is 9.97 Å². The van der Waals surface area contributed by atoms with Crippen LogP contribution < -0.4 is 14.8 Å². The lowest BCUT2D eigenvalue weighted by atomic mass is 10.1. The second-order valence-corrected chi connectivity index (χ2v) is 4.86. The number of benzene rings is 1. The van der Waals surface area contributed by atoms with E-state index in [1.807, 2.05) is 0 Å². The average Bonchev–Trinajstić information content (AvgIpc) is 2.55. The topological polar surface area (TPSA) is 90.4 Å². The monoisotopic (exact) mass is 335 g/mol. The number of methoxy groups -OCH3 is 2. The summed E-state index contributed by atoms with van der Waals surface area (Å²) in [7, 11) is 2.83. The number of hydrogen-bond acceptors (Lipinski definition) is 6. The van der Waals surface area contributed by atoms with Crippen molar-refractivity contribution in [2.45, 2.75) is 6.92 Å². The molecular formula is C15H14ClN3O4. The van der Waals surface area contributed by atoms with Gasteiger partial charge in [-0.05, 0) is 12.1 Å². The molecular weight excluding hydrogens is 322 g/mol. The zero-order chi connectivity index (χ0) is 17.0. The molecule has 0 saturated carbocycles. The lowest BCUT2D eigenvalue weighted by Gasteiger charge is -2.11. The Morgan fingerprint density at radius 1 is 1.13 bits per heavy atom. The maximum Gasteiger partial charge on any atom is 0.232 e. The van der Waals surface area contributed by atoms with E-state index in [-0.39, 0.29) is 39.8 Å². The van der Waals surface area contributed by atoms with Crippen LogP contribution in [0, 0.1) is 0 Å². The first-order valence-corrected chi connectivity index (χ1v) is 6.92. The number of anilines is 1. The summed E-state index contributed by atoms with van der Waals surface area (Å²) in [5, 5.41) is 2.78. The van der Waals surface area contributed by atoms with Crippen LogP contribution in [0.3, 0.4) is 0 Å². The van der Waals surface area contributed by atoms with E-state index >= 15 is 0 Å². The van der Waals surface area contributed by atoms with E-state index in [1.54, 1.807) is 12.1 Å². The molecule has 0 unspecified atom stereocenters. The fourth-order valence-corrected chi connectivity index (χ4v) is 2.07. The first-order valence-electron chi connectivity index (χ1n) is 6.54. The van der Waals surface area contributed by atoms with Gasteiger partial charge in [-0.1, -0.05) is 17.7 Å². The zero-order valence-electron chi connectivity index (χ0n) is 12.7. The SMILES string of the molecule is COc1cc(OC)nc(C(=O)c2cccc(Cl)c2NC(C)=O)n1. The number of halogens is 1. The molecule has 1 N–H and O–H groups in total. The number of carbonyl (C=O) groups is 2. The number of nitrogens with one attached hydrogen (secondary N) is 1. The number of nitrogens with zero attached hydrogens (tertiary/aromatic N) is 2. The van der Waals surface area contributed by atoms with Crippen molar-refractivity contribution in [2.75, 3.05) is 19.5 Å². The molecule has 1 aromatic carbocycles. The van der Waals surface area contributed by atoms with Gasteiger partial charge in [0.1, 0.15) is 0 Å². The molecule has 0 atom stereocenters. The molecule has 0 spiro atoms. The van der Waals surface area contributed by atoms with Gasteiger partial charge in [0.2, 0.25) is 29.3 Å². The van der Waals surface area contributed by atoms with Crippen molar-refractivity contribution >= 4 is 29.0 Å². The average molecular weight is 336 g/mol. The Balaban J connectivity index is 2.53. The fraction of sp³-hybridized carbons (Fsp3) is 0.200. The molecule has 1 aromatic heterocycles. The Hall–Kier alpha value is -2.67. The van der Waals surface area contributed by atoms with Crippen LogP contribution in [0.25, 0.3) is 0 Å². The molecule has 0 bridgehead atoms. The van der Waals surface area contributed by atoms with E-state index in [0.717, 1.165) is 0 Å². The van der Waals surface area contributed by atoms with Crippen molar-refractivity contribution in [3.8, 4) is 11.8 Å². The Labute approximate surface area is 137 Å². The smallest absolute Gasteiger partial charge is 0.232 e. The minimum atomic E-state index is -0.520. The second kappa shape index (κ2) is 7.06. The predicted molar refractivity (Wildman–Crippen MR) is 84.3 cm³/mol. The molecule has 0 saturated heterocycles. The van der Waals surface area contributed by atoms with Gasteiger partial charge in [-0.15, -0.1) is 0 Å². The van der Waals surface area contributed by atoms with Crippen molar-refractivity contribution in [1.29, 1.82) is 0 Å². The molecule has 8 heteroatoms. The highest BCUT2D eigenvalue weighted by atomic mass is 35.5. The van der Waals surface area contributed by atoms with E-state index in [2.05, 4.69) is 15.3 Å². The van der Waals surface area contributed by atoms with Crippen LogP contribution in [-0.4, -0.2) is 35.9 Å². The van der Waals surface area contributed by atoms with Crippen molar-refractivity contribution < 1.29 is 19.1 Å². The van der Waals surface area contributed by atoms with Gasteiger partial charge in [0.05, 0.1) is 36.6 Å². The number of ketones is 1. The molecule has 0 aliphatic rings. The summed E-state index contributed by atoms with van der Waals surface area (Å²) in [6.45, 7) is 1.32. The third-order valence-corrected chi connectivity index (χ3v) is 3.17. The zero-order valence-corrected chi connectivity index (χ0v) is 13.5. The van der Waals surface area contributed by atoms with Gasteiger partial charge in [0.15, 0.2) is 0 Å². The summed E-state index contributed by atoms with van der Waals surface area (Å²) in [4.78, 5) is 32.0. The molecule has 2 aromatic rings. The Morgan fingerprint density at radius 3 is 2.26 bits per heavy atom. The van der Waals surface area contributed by atoms with Crippen LogP contribution in [0.4, 0.5) is 5.69 Å². The number of aromatic nitrogens is 2. The summed E-state index contributed by atoms with van der Waals surface area (Å²) in [6, 6.07) is 6.13. The van der Waals surface area contributed by atoms with E-state index in [1.165, 1.54) is 33.3 Å². The van der Waals surface area contributed by atoms with E-state index < -0.39 is 5.78 Å². The summed E-state index contributed by atoms with van der Waals surface area (Å²) < 4.78 is 10.0. The van der Waals surface area contributed by atoms with Gasteiger partial charge in [0, 0.05) is 6.92 Å². The molecule has 23 heavy (non-hydrogen) atoms. The van der Waals surface area contributed by atoms with Crippen molar-refractivity contribution in [1.82, 2.24) is 9.97 Å². The number of hydrogen-bond donors (Lipinski definition) is 1. The van der Waals surface area contributed by atoms with Gasteiger partial charge in [-0.25, -0.2) is 0 Å². The number of para-hydroxylation sites is 1. The Morgan fingerprint density at radius 2 is 1.74 bits per heavy atom. The van der Waals surface area contributed by atoms with Crippen LogP contribution in [0.5, 0.6) is 11.8 Å². The summed E-state index contributed by atoms with van der Waals surface area (Å²) >= 11 is 6.06. The third kappa shape index (κ3) is 3.75. The minimum absolute atomic E-state index is 0.130. The maximum atomic E-state index is 12.7. The van der Waals surface area contributed by atoms with Crippen molar-refractivity contribution in [3.63, 3.8) is 0 Å². The van der Waals surface area contributed by atoms with E-state index in [0.29, 0.717) is 0 Å². The van der Waals surface area contributed by atoms with Crippen LogP contribution in [0.2, 0.25) is 5.02 Å². The number of amides is 1. The second-order valence-electron chi connectivity index (χ2n) is 4.45. The fourth-order valence-electron chi connectivity index (χ4n) is 1.85. The molecule has 1 heterocycles. The highest BCUT2D eigenvalue weighted by Crippen LogP contribution is 2.28. The van der Waals surface area contributed by atoms with Crippen LogP contribution in [-0.2, 0) is 4.79 Å². The summed E-state index contributed by atoms with van der Waals surface area (Å²) in [5.74, 6) is -0.633. The van der Waals surface area contributed by atoms with Crippen molar-refractivity contribution in [2.24, 2.45) is 0 Å². The van der Waals surface area contributed by atoms with Crippen LogP contribution in [0.1, 0.15) is 23.1 Å². The lowest BCUT2D eigenvalue weighted by molar-refractivity contribution is -0.114. The van der Waals surface area contributed by atoms with Gasteiger partial charge < -0.3 is 14.8 Å². The maximum absolute atomic E-state index is 12.7. The molecule has 0 aliphatic carbocycles. The number of carbonyl (C=O) groups excluding carboxylic acids is 2. The molecule has 0 fully saturated rings. The number of rotatable bonds is 5. The quantitative estimate of drug-likeness (QED) is 0.843. The van der Waals surface area contributed by atoms with Crippen LogP contribution in [0.15, 0.2) is 24.3 Å². The predicted octanol–water partition coefficient (Wildman–Crippen LogP) is 2.34. The molecule has 120 valence electrons. The molecule has 2 rings (SSSR count).